The highest BCUT2D eigenvalue weighted by molar-refractivity contribution is 7.99. The van der Waals surface area contributed by atoms with Gasteiger partial charge in [0.2, 0.25) is 0 Å². The van der Waals surface area contributed by atoms with Gasteiger partial charge in [0.15, 0.2) is 0 Å². The first-order valence-corrected chi connectivity index (χ1v) is 8.49. The number of thioether (sulfide) groups is 1. The molecule has 0 amide bonds. The highest BCUT2D eigenvalue weighted by Crippen LogP contribution is 2.40. The molecule has 1 fully saturated rings. The van der Waals surface area contributed by atoms with Gasteiger partial charge in [-0.15, -0.1) is 11.8 Å². The number of anilines is 1. The minimum atomic E-state index is 0.523. The second kappa shape index (κ2) is 6.21. The quantitative estimate of drug-likeness (QED) is 0.737. The van der Waals surface area contributed by atoms with Gasteiger partial charge in [-0.05, 0) is 48.5 Å². The predicted octanol–water partition coefficient (Wildman–Crippen LogP) is 5.43. The van der Waals surface area contributed by atoms with Gasteiger partial charge in [0, 0.05) is 16.6 Å². The van der Waals surface area contributed by atoms with Crippen molar-refractivity contribution in [1.82, 2.24) is 0 Å². The summed E-state index contributed by atoms with van der Waals surface area (Å²) in [5.74, 6) is 1.88. The second-order valence-electron chi connectivity index (χ2n) is 6.56. The monoisotopic (exact) mass is 277 g/mol. The smallest absolute Gasteiger partial charge is 0.0480 e. The maximum atomic E-state index is 3.80. The molecule has 1 aliphatic rings. The Labute approximate surface area is 122 Å². The molecule has 1 aromatic carbocycles. The minimum absolute atomic E-state index is 0.523. The SMILES string of the molecule is CCSc1ccccc1NC1CCC(C)(C)CC1C. The molecule has 0 heterocycles. The molecule has 106 valence electrons. The summed E-state index contributed by atoms with van der Waals surface area (Å²) in [6.07, 6.45) is 3.95. The zero-order valence-electron chi connectivity index (χ0n) is 12.7. The molecule has 0 saturated heterocycles. The van der Waals surface area contributed by atoms with E-state index in [1.54, 1.807) is 0 Å². The molecule has 1 aromatic rings. The summed E-state index contributed by atoms with van der Waals surface area (Å²) in [6.45, 7) is 9.42. The molecule has 1 saturated carbocycles. The largest absolute Gasteiger partial charge is 0.381 e. The van der Waals surface area contributed by atoms with Crippen LogP contribution in [0.3, 0.4) is 0 Å². The number of hydrogen-bond acceptors (Lipinski definition) is 2. The maximum Gasteiger partial charge on any atom is 0.0480 e. The van der Waals surface area contributed by atoms with Gasteiger partial charge in [-0.2, -0.15) is 0 Å². The van der Waals surface area contributed by atoms with E-state index in [4.69, 9.17) is 0 Å². The van der Waals surface area contributed by atoms with Gasteiger partial charge in [-0.25, -0.2) is 0 Å². The molecule has 2 unspecified atom stereocenters. The summed E-state index contributed by atoms with van der Waals surface area (Å²) < 4.78 is 0. The zero-order chi connectivity index (χ0) is 13.9. The molecular weight excluding hydrogens is 250 g/mol. The molecular formula is C17H27NS. The Balaban J connectivity index is 2.05. The first kappa shape index (κ1) is 14.8. The van der Waals surface area contributed by atoms with Crippen LogP contribution in [0.2, 0.25) is 0 Å². The molecule has 2 heteroatoms. The number of benzene rings is 1. The van der Waals surface area contributed by atoms with Crippen LogP contribution < -0.4 is 5.32 Å². The van der Waals surface area contributed by atoms with Crippen LogP contribution in [0.4, 0.5) is 5.69 Å². The second-order valence-corrected chi connectivity index (χ2v) is 7.87. The van der Waals surface area contributed by atoms with Gasteiger partial charge in [-0.3, -0.25) is 0 Å². The molecule has 0 aromatic heterocycles. The molecule has 0 aliphatic heterocycles. The van der Waals surface area contributed by atoms with Crippen molar-refractivity contribution in [1.29, 1.82) is 0 Å². The van der Waals surface area contributed by atoms with E-state index in [2.05, 4.69) is 57.3 Å². The lowest BCUT2D eigenvalue weighted by Crippen LogP contribution is -2.36. The van der Waals surface area contributed by atoms with Crippen LogP contribution in [0.15, 0.2) is 29.2 Å². The zero-order valence-corrected chi connectivity index (χ0v) is 13.5. The number of nitrogens with one attached hydrogen (secondary N) is 1. The van der Waals surface area contributed by atoms with Gasteiger partial charge >= 0.3 is 0 Å². The van der Waals surface area contributed by atoms with Crippen LogP contribution in [0.25, 0.3) is 0 Å². The third-order valence-corrected chi connectivity index (χ3v) is 5.18. The van der Waals surface area contributed by atoms with E-state index in [0.29, 0.717) is 11.5 Å². The average molecular weight is 277 g/mol. The van der Waals surface area contributed by atoms with Crippen molar-refractivity contribution < 1.29 is 0 Å². The van der Waals surface area contributed by atoms with Crippen LogP contribution in [-0.4, -0.2) is 11.8 Å². The molecule has 0 bridgehead atoms. The summed E-state index contributed by atoms with van der Waals surface area (Å²) >= 11 is 1.93. The minimum Gasteiger partial charge on any atom is -0.381 e. The van der Waals surface area contributed by atoms with Gasteiger partial charge in [0.25, 0.3) is 0 Å². The number of hydrogen-bond donors (Lipinski definition) is 1. The van der Waals surface area contributed by atoms with Gasteiger partial charge in [-0.1, -0.05) is 39.8 Å². The van der Waals surface area contributed by atoms with Crippen LogP contribution >= 0.6 is 11.8 Å². The van der Waals surface area contributed by atoms with Crippen molar-refractivity contribution >= 4 is 17.4 Å². The highest BCUT2D eigenvalue weighted by Gasteiger charge is 2.32. The van der Waals surface area contributed by atoms with Crippen LogP contribution in [0.5, 0.6) is 0 Å². The van der Waals surface area contributed by atoms with E-state index in [1.807, 2.05) is 11.8 Å². The third kappa shape index (κ3) is 3.92. The lowest BCUT2D eigenvalue weighted by molar-refractivity contribution is 0.177. The van der Waals surface area contributed by atoms with Crippen molar-refractivity contribution in [3.8, 4) is 0 Å². The van der Waals surface area contributed by atoms with E-state index < -0.39 is 0 Å². The van der Waals surface area contributed by atoms with Gasteiger partial charge in [0.1, 0.15) is 0 Å². The fraction of sp³-hybridized carbons (Fsp3) is 0.647. The van der Waals surface area contributed by atoms with Crippen LogP contribution in [0, 0.1) is 11.3 Å². The standard InChI is InChI=1S/C17H27NS/c1-5-19-16-9-7-6-8-15(16)18-14-10-11-17(3,4)12-13(14)2/h6-9,13-14,18H,5,10-12H2,1-4H3. The lowest BCUT2D eigenvalue weighted by atomic mass is 9.70. The predicted molar refractivity (Wildman–Crippen MR) is 87.0 cm³/mol. The Bertz CT molecular complexity index is 413. The molecule has 2 rings (SSSR count). The Kier molecular flexibility index (Phi) is 4.83. The molecule has 2 atom stereocenters. The molecule has 19 heavy (non-hydrogen) atoms. The number of para-hydroxylation sites is 1. The molecule has 0 radical (unpaired) electrons. The third-order valence-electron chi connectivity index (χ3n) is 4.22. The average Bonchev–Trinajstić information content (AvgIpc) is 2.35. The Hall–Kier alpha value is -0.630. The molecule has 1 N–H and O–H groups in total. The Morgan fingerprint density at radius 2 is 2.05 bits per heavy atom. The molecule has 1 aliphatic carbocycles. The fourth-order valence-corrected chi connectivity index (χ4v) is 4.00. The maximum absolute atomic E-state index is 3.80. The van der Waals surface area contributed by atoms with E-state index in [9.17, 15) is 0 Å². The van der Waals surface area contributed by atoms with Crippen LogP contribution in [-0.2, 0) is 0 Å². The van der Waals surface area contributed by atoms with Gasteiger partial charge in [0.05, 0.1) is 0 Å². The normalized spacial score (nSPS) is 26.1. The summed E-state index contributed by atoms with van der Waals surface area (Å²) in [4.78, 5) is 1.39. The van der Waals surface area contributed by atoms with Crippen LogP contribution in [0.1, 0.15) is 47.0 Å². The lowest BCUT2D eigenvalue weighted by Gasteiger charge is -2.40. The van der Waals surface area contributed by atoms with E-state index >= 15 is 0 Å². The van der Waals surface area contributed by atoms with Crippen molar-refractivity contribution in [2.45, 2.75) is 57.9 Å². The summed E-state index contributed by atoms with van der Waals surface area (Å²) in [5, 5.41) is 3.80. The highest BCUT2D eigenvalue weighted by atomic mass is 32.2. The molecule has 0 spiro atoms. The summed E-state index contributed by atoms with van der Waals surface area (Å²) in [7, 11) is 0. The first-order chi connectivity index (χ1) is 9.02. The first-order valence-electron chi connectivity index (χ1n) is 7.50. The number of rotatable bonds is 4. The molecule has 1 nitrogen and oxygen atoms in total. The van der Waals surface area contributed by atoms with Crippen molar-refractivity contribution in [3.63, 3.8) is 0 Å². The Morgan fingerprint density at radius 3 is 2.74 bits per heavy atom. The topological polar surface area (TPSA) is 12.0 Å². The van der Waals surface area contributed by atoms with Crippen molar-refractivity contribution in [3.05, 3.63) is 24.3 Å². The van der Waals surface area contributed by atoms with Crippen molar-refractivity contribution in [2.24, 2.45) is 11.3 Å². The van der Waals surface area contributed by atoms with E-state index in [0.717, 1.165) is 11.7 Å². The summed E-state index contributed by atoms with van der Waals surface area (Å²) in [5.41, 5.74) is 1.85. The van der Waals surface area contributed by atoms with Crippen molar-refractivity contribution in [2.75, 3.05) is 11.1 Å². The van der Waals surface area contributed by atoms with Gasteiger partial charge < -0.3 is 5.32 Å². The van der Waals surface area contributed by atoms with E-state index in [-0.39, 0.29) is 0 Å². The fourth-order valence-electron chi connectivity index (χ4n) is 3.23. The summed E-state index contributed by atoms with van der Waals surface area (Å²) in [6, 6.07) is 9.36. The van der Waals surface area contributed by atoms with E-state index in [1.165, 1.54) is 29.8 Å². The Morgan fingerprint density at radius 1 is 1.32 bits per heavy atom.